The van der Waals surface area contributed by atoms with E-state index in [-0.39, 0.29) is 6.10 Å². The zero-order chi connectivity index (χ0) is 12.9. The lowest BCUT2D eigenvalue weighted by Crippen LogP contribution is -2.21. The van der Waals surface area contributed by atoms with Crippen molar-refractivity contribution in [3.8, 4) is 17.3 Å². The first-order valence-corrected chi connectivity index (χ1v) is 6.83. The zero-order valence-corrected chi connectivity index (χ0v) is 10.8. The molecule has 0 bridgehead atoms. The minimum absolute atomic E-state index is 0.251. The van der Waals surface area contributed by atoms with Crippen LogP contribution in [0.15, 0.2) is 36.5 Å². The van der Waals surface area contributed by atoms with E-state index in [4.69, 9.17) is 4.74 Å². The highest BCUT2D eigenvalue weighted by Gasteiger charge is 2.16. The van der Waals surface area contributed by atoms with Gasteiger partial charge in [0.2, 0.25) is 0 Å². The summed E-state index contributed by atoms with van der Waals surface area (Å²) in [4.78, 5) is 4.44. The predicted molar refractivity (Wildman–Crippen MR) is 72.8 cm³/mol. The van der Waals surface area contributed by atoms with Crippen LogP contribution in [0.2, 0.25) is 0 Å². The molecule has 3 rings (SSSR count). The summed E-state index contributed by atoms with van der Waals surface area (Å²) in [7, 11) is 0. The third-order valence-corrected chi connectivity index (χ3v) is 3.43. The van der Waals surface area contributed by atoms with Crippen molar-refractivity contribution in [3.63, 3.8) is 0 Å². The molecule has 1 aliphatic carbocycles. The van der Waals surface area contributed by atoms with E-state index in [0.29, 0.717) is 6.01 Å². The zero-order valence-electron chi connectivity index (χ0n) is 10.8. The molecule has 1 aliphatic rings. The van der Waals surface area contributed by atoms with E-state index in [2.05, 4.69) is 15.2 Å². The van der Waals surface area contributed by atoms with Gasteiger partial charge in [-0.05, 0) is 25.7 Å². The molecule has 19 heavy (non-hydrogen) atoms. The van der Waals surface area contributed by atoms with Crippen LogP contribution in [-0.2, 0) is 0 Å². The average molecular weight is 255 g/mol. The fraction of sp³-hybridized carbons (Fsp3) is 0.400. The first kappa shape index (κ1) is 12.1. The van der Waals surface area contributed by atoms with E-state index in [1.165, 1.54) is 19.3 Å². The smallest absolute Gasteiger partial charge is 0.336 e. The van der Waals surface area contributed by atoms with Gasteiger partial charge in [0.1, 0.15) is 6.10 Å². The Labute approximate surface area is 112 Å². The van der Waals surface area contributed by atoms with Crippen LogP contribution >= 0.6 is 0 Å². The van der Waals surface area contributed by atoms with Crippen LogP contribution in [0.4, 0.5) is 0 Å². The number of hydrogen-bond acceptors (Lipinski definition) is 4. The van der Waals surface area contributed by atoms with Gasteiger partial charge in [-0.2, -0.15) is 10.1 Å². The monoisotopic (exact) mass is 255 g/mol. The molecular weight excluding hydrogens is 238 g/mol. The Morgan fingerprint density at radius 3 is 2.58 bits per heavy atom. The van der Waals surface area contributed by atoms with Gasteiger partial charge >= 0.3 is 6.01 Å². The Morgan fingerprint density at radius 2 is 1.79 bits per heavy atom. The Kier molecular flexibility index (Phi) is 3.68. The fourth-order valence-electron chi connectivity index (χ4n) is 2.42. The molecule has 0 saturated heterocycles. The Balaban J connectivity index is 1.76. The molecule has 0 radical (unpaired) electrons. The lowest BCUT2D eigenvalue weighted by Gasteiger charge is -2.21. The third kappa shape index (κ3) is 3.08. The van der Waals surface area contributed by atoms with Crippen molar-refractivity contribution >= 4 is 0 Å². The van der Waals surface area contributed by atoms with Crippen molar-refractivity contribution in [1.29, 1.82) is 0 Å². The van der Waals surface area contributed by atoms with Gasteiger partial charge in [-0.3, -0.25) is 0 Å². The molecule has 0 aliphatic heterocycles. The molecule has 1 heterocycles. The highest BCUT2D eigenvalue weighted by molar-refractivity contribution is 5.57. The van der Waals surface area contributed by atoms with Crippen molar-refractivity contribution < 1.29 is 4.74 Å². The minimum Gasteiger partial charge on any atom is -0.459 e. The number of benzene rings is 1. The molecule has 0 atom stereocenters. The maximum absolute atomic E-state index is 5.83. The molecule has 1 fully saturated rings. The largest absolute Gasteiger partial charge is 0.459 e. The Morgan fingerprint density at radius 1 is 1.00 bits per heavy atom. The van der Waals surface area contributed by atoms with E-state index in [1.54, 1.807) is 6.20 Å². The topological polar surface area (TPSA) is 47.9 Å². The van der Waals surface area contributed by atoms with Crippen molar-refractivity contribution in [3.05, 3.63) is 36.5 Å². The van der Waals surface area contributed by atoms with Crippen molar-refractivity contribution in [1.82, 2.24) is 15.2 Å². The van der Waals surface area contributed by atoms with Crippen molar-refractivity contribution in [2.45, 2.75) is 38.2 Å². The molecule has 4 heteroatoms. The van der Waals surface area contributed by atoms with Crippen molar-refractivity contribution in [2.75, 3.05) is 0 Å². The second-order valence-electron chi connectivity index (χ2n) is 4.87. The summed E-state index contributed by atoms with van der Waals surface area (Å²) < 4.78 is 5.83. The summed E-state index contributed by atoms with van der Waals surface area (Å²) in [6.45, 7) is 0. The fourth-order valence-corrected chi connectivity index (χ4v) is 2.42. The maximum atomic E-state index is 5.83. The predicted octanol–water partition coefficient (Wildman–Crippen LogP) is 3.25. The van der Waals surface area contributed by atoms with Gasteiger partial charge in [-0.15, -0.1) is 0 Å². The van der Waals surface area contributed by atoms with Crippen LogP contribution in [0, 0.1) is 0 Å². The average Bonchev–Trinajstić information content (AvgIpc) is 2.49. The minimum atomic E-state index is 0.251. The molecule has 0 amide bonds. The van der Waals surface area contributed by atoms with E-state index < -0.39 is 0 Å². The van der Waals surface area contributed by atoms with Crippen LogP contribution in [0.5, 0.6) is 6.01 Å². The summed E-state index contributed by atoms with van der Waals surface area (Å²) in [5.74, 6) is 0. The van der Waals surface area contributed by atoms with Crippen LogP contribution in [0.1, 0.15) is 32.1 Å². The van der Waals surface area contributed by atoms with E-state index in [1.807, 2.05) is 30.3 Å². The van der Waals surface area contributed by atoms with Gasteiger partial charge in [-0.25, -0.2) is 0 Å². The van der Waals surface area contributed by atoms with Gasteiger partial charge < -0.3 is 4.74 Å². The summed E-state index contributed by atoms with van der Waals surface area (Å²) in [6.07, 6.45) is 7.89. The van der Waals surface area contributed by atoms with E-state index in [9.17, 15) is 0 Å². The van der Waals surface area contributed by atoms with E-state index >= 15 is 0 Å². The molecule has 0 N–H and O–H groups in total. The molecule has 4 nitrogen and oxygen atoms in total. The first-order valence-electron chi connectivity index (χ1n) is 6.83. The summed E-state index contributed by atoms with van der Waals surface area (Å²) in [5, 5.41) is 7.96. The summed E-state index contributed by atoms with van der Waals surface area (Å²) >= 11 is 0. The Hall–Kier alpha value is -1.97. The molecule has 1 aromatic carbocycles. The molecule has 98 valence electrons. The van der Waals surface area contributed by atoms with Crippen LogP contribution < -0.4 is 4.74 Å². The van der Waals surface area contributed by atoms with Crippen LogP contribution in [0.3, 0.4) is 0 Å². The lowest BCUT2D eigenvalue weighted by molar-refractivity contribution is 0.140. The highest BCUT2D eigenvalue weighted by atomic mass is 16.5. The number of aromatic nitrogens is 3. The van der Waals surface area contributed by atoms with Crippen LogP contribution in [0.25, 0.3) is 11.3 Å². The summed E-state index contributed by atoms with van der Waals surface area (Å²) in [5.41, 5.74) is 1.84. The molecule has 2 aromatic rings. The van der Waals surface area contributed by atoms with Gasteiger partial charge in [0.25, 0.3) is 0 Å². The molecule has 1 saturated carbocycles. The summed E-state index contributed by atoms with van der Waals surface area (Å²) in [6, 6.07) is 10.4. The number of ether oxygens (including phenoxy) is 1. The third-order valence-electron chi connectivity index (χ3n) is 3.43. The SMILES string of the molecule is c1ccc(-c2cnnc(OC3CCCCC3)n2)cc1. The molecular formula is C15H17N3O. The second-order valence-corrected chi connectivity index (χ2v) is 4.87. The van der Waals surface area contributed by atoms with Gasteiger partial charge in [0.15, 0.2) is 0 Å². The number of hydrogen-bond donors (Lipinski definition) is 0. The van der Waals surface area contributed by atoms with Gasteiger partial charge in [0, 0.05) is 5.56 Å². The number of rotatable bonds is 3. The Bertz CT molecular complexity index is 524. The second kappa shape index (κ2) is 5.78. The lowest BCUT2D eigenvalue weighted by atomic mass is 9.98. The standard InChI is InChI=1S/C15H17N3O/c1-3-7-12(8-4-1)14-11-16-18-15(17-14)19-13-9-5-2-6-10-13/h1,3-4,7-8,11,13H,2,5-6,9-10H2. The molecule has 0 spiro atoms. The van der Waals surface area contributed by atoms with E-state index in [0.717, 1.165) is 24.1 Å². The van der Waals surface area contributed by atoms with Crippen LogP contribution in [-0.4, -0.2) is 21.3 Å². The van der Waals surface area contributed by atoms with Gasteiger partial charge in [-0.1, -0.05) is 41.9 Å². The molecule has 1 aromatic heterocycles. The highest BCUT2D eigenvalue weighted by Crippen LogP contribution is 2.22. The van der Waals surface area contributed by atoms with Crippen molar-refractivity contribution in [2.24, 2.45) is 0 Å². The maximum Gasteiger partial charge on any atom is 0.336 e. The first-order chi connectivity index (χ1) is 9.42. The molecule has 0 unspecified atom stereocenters. The van der Waals surface area contributed by atoms with Gasteiger partial charge in [0.05, 0.1) is 11.9 Å². The quantitative estimate of drug-likeness (QED) is 0.844. The normalized spacial score (nSPS) is 16.2. The number of nitrogens with zero attached hydrogens (tertiary/aromatic N) is 3.